The molecule has 6 nitrogen and oxygen atoms in total. The molecule has 2 N–H and O–H groups in total. The van der Waals surface area contributed by atoms with Crippen LogP contribution in [0.1, 0.15) is 18.1 Å². The smallest absolute Gasteiger partial charge is 0.348 e. The minimum atomic E-state index is -0.473. The monoisotopic (exact) mass is 374 g/mol. The van der Waals surface area contributed by atoms with Gasteiger partial charge < -0.3 is 20.0 Å². The van der Waals surface area contributed by atoms with Gasteiger partial charge in [0.1, 0.15) is 5.25 Å². The summed E-state index contributed by atoms with van der Waals surface area (Å²) < 4.78 is 10.4. The van der Waals surface area contributed by atoms with Gasteiger partial charge in [-0.15, -0.1) is 11.8 Å². The lowest BCUT2D eigenvalue weighted by molar-refractivity contribution is -0.142. The summed E-state index contributed by atoms with van der Waals surface area (Å²) in [6, 6.07) is 13.0. The van der Waals surface area contributed by atoms with Crippen LogP contribution in [0.5, 0.6) is 11.5 Å². The lowest BCUT2D eigenvalue weighted by Crippen LogP contribution is -2.19. The summed E-state index contributed by atoms with van der Waals surface area (Å²) in [5.41, 5.74) is 7.63. The van der Waals surface area contributed by atoms with Gasteiger partial charge in [0.2, 0.25) is 0 Å². The van der Waals surface area contributed by atoms with Gasteiger partial charge in [-0.25, -0.2) is 4.79 Å². The van der Waals surface area contributed by atoms with E-state index in [2.05, 4.69) is 5.16 Å². The number of rotatable bonds is 7. The number of oxime groups is 1. The van der Waals surface area contributed by atoms with E-state index in [0.29, 0.717) is 17.1 Å². The molecule has 0 saturated heterocycles. The van der Waals surface area contributed by atoms with Crippen LogP contribution in [-0.2, 0) is 9.63 Å². The molecular formula is C19H22N2O4S. The summed E-state index contributed by atoms with van der Waals surface area (Å²) in [6.07, 6.45) is 0. The molecule has 2 rings (SSSR count). The van der Waals surface area contributed by atoms with Crippen molar-refractivity contribution in [3.05, 3.63) is 53.6 Å². The zero-order chi connectivity index (χ0) is 19.1. The number of nitrogens with zero attached hydrogens (tertiary/aromatic N) is 1. The zero-order valence-corrected chi connectivity index (χ0v) is 16.0. The van der Waals surface area contributed by atoms with Crippen molar-refractivity contribution in [2.75, 3.05) is 14.2 Å². The summed E-state index contributed by atoms with van der Waals surface area (Å²) in [5.74, 6) is 0.688. The van der Waals surface area contributed by atoms with Crippen LogP contribution in [0.4, 0.5) is 0 Å². The number of carbonyl (C=O) groups is 1. The fourth-order valence-corrected chi connectivity index (χ4v) is 2.93. The van der Waals surface area contributed by atoms with E-state index in [4.69, 9.17) is 20.0 Å². The maximum atomic E-state index is 12.1. The average Bonchev–Trinajstić information content (AvgIpc) is 2.66. The van der Waals surface area contributed by atoms with Crippen molar-refractivity contribution in [2.24, 2.45) is 10.9 Å². The summed E-state index contributed by atoms with van der Waals surface area (Å²) >= 11 is 1.40. The molecule has 0 heterocycles. The number of methoxy groups -OCH3 is 2. The number of amidine groups is 1. The molecule has 0 radical (unpaired) electrons. The van der Waals surface area contributed by atoms with Gasteiger partial charge in [-0.05, 0) is 44.2 Å². The quantitative estimate of drug-likeness (QED) is 0.263. The molecule has 0 bridgehead atoms. The van der Waals surface area contributed by atoms with Crippen LogP contribution in [0.15, 0.2) is 52.5 Å². The molecule has 0 unspecified atom stereocenters. The van der Waals surface area contributed by atoms with Crippen LogP contribution in [-0.4, -0.2) is 31.3 Å². The third-order valence-electron chi connectivity index (χ3n) is 3.58. The Balaban J connectivity index is 2.00. The van der Waals surface area contributed by atoms with E-state index in [1.165, 1.54) is 18.9 Å². The molecular weight excluding hydrogens is 352 g/mol. The van der Waals surface area contributed by atoms with Crippen molar-refractivity contribution in [3.8, 4) is 11.5 Å². The predicted molar refractivity (Wildman–Crippen MR) is 103 cm³/mol. The van der Waals surface area contributed by atoms with Crippen molar-refractivity contribution >= 4 is 23.6 Å². The van der Waals surface area contributed by atoms with Crippen LogP contribution in [0.25, 0.3) is 0 Å². The maximum absolute atomic E-state index is 12.1. The molecule has 0 fully saturated rings. The molecule has 0 spiro atoms. The van der Waals surface area contributed by atoms with E-state index >= 15 is 0 Å². The first-order valence-electron chi connectivity index (χ1n) is 7.94. The fourth-order valence-electron chi connectivity index (χ4n) is 2.09. The highest BCUT2D eigenvalue weighted by atomic mass is 32.2. The first kappa shape index (κ1) is 19.7. The molecule has 2 aromatic carbocycles. The Morgan fingerprint density at radius 1 is 1.08 bits per heavy atom. The molecule has 0 aliphatic rings. The number of ether oxygens (including phenoxy) is 2. The number of carbonyl (C=O) groups excluding carboxylic acids is 1. The summed E-state index contributed by atoms with van der Waals surface area (Å²) in [4.78, 5) is 18.1. The second-order valence-electron chi connectivity index (χ2n) is 5.53. The molecule has 2 aromatic rings. The van der Waals surface area contributed by atoms with E-state index in [9.17, 15) is 4.79 Å². The van der Waals surface area contributed by atoms with E-state index in [1.54, 1.807) is 32.2 Å². The molecule has 7 heteroatoms. The van der Waals surface area contributed by atoms with Crippen molar-refractivity contribution in [1.82, 2.24) is 0 Å². The number of hydrogen-bond acceptors (Lipinski definition) is 6. The van der Waals surface area contributed by atoms with Gasteiger partial charge in [-0.3, -0.25) is 0 Å². The average molecular weight is 374 g/mol. The van der Waals surface area contributed by atoms with E-state index in [-0.39, 0.29) is 5.84 Å². The van der Waals surface area contributed by atoms with Gasteiger partial charge in [0.25, 0.3) is 0 Å². The Morgan fingerprint density at radius 3 is 2.35 bits per heavy atom. The number of benzene rings is 2. The summed E-state index contributed by atoms with van der Waals surface area (Å²) in [5, 5.41) is 3.32. The standard InChI is InChI=1S/C19H22N2O4S/c1-12-5-8-15(9-6-12)26-13(2)19(22)25-21-18(20)14-7-10-16(23-3)17(11-14)24-4/h5-11,13H,1-4H3,(H2,20,21)/t13-/m0/s1. The highest BCUT2D eigenvalue weighted by molar-refractivity contribution is 8.00. The topological polar surface area (TPSA) is 83.1 Å². The van der Waals surface area contributed by atoms with Crippen molar-refractivity contribution in [1.29, 1.82) is 0 Å². The number of hydrogen-bond donors (Lipinski definition) is 1. The Bertz CT molecular complexity index is 791. The van der Waals surface area contributed by atoms with Gasteiger partial charge in [-0.1, -0.05) is 22.9 Å². The number of nitrogens with two attached hydrogens (primary N) is 1. The van der Waals surface area contributed by atoms with Gasteiger partial charge in [0.15, 0.2) is 17.3 Å². The Kier molecular flexibility index (Phi) is 6.91. The fraction of sp³-hybridized carbons (Fsp3) is 0.263. The SMILES string of the molecule is COc1ccc(/C(N)=N\OC(=O)[C@H](C)Sc2ccc(C)cc2)cc1OC. The minimum absolute atomic E-state index is 0.0758. The van der Waals surface area contributed by atoms with Crippen LogP contribution < -0.4 is 15.2 Å². The third-order valence-corrected chi connectivity index (χ3v) is 4.67. The third kappa shape index (κ3) is 5.16. The van der Waals surface area contributed by atoms with Crippen LogP contribution in [0.3, 0.4) is 0 Å². The molecule has 0 saturated carbocycles. The highest BCUT2D eigenvalue weighted by Crippen LogP contribution is 2.27. The van der Waals surface area contributed by atoms with Crippen molar-refractivity contribution in [2.45, 2.75) is 24.0 Å². The Hall–Kier alpha value is -2.67. The van der Waals surface area contributed by atoms with Gasteiger partial charge in [0.05, 0.1) is 14.2 Å². The van der Waals surface area contributed by atoms with Gasteiger partial charge in [-0.2, -0.15) is 0 Å². The van der Waals surface area contributed by atoms with E-state index in [0.717, 1.165) is 10.5 Å². The largest absolute Gasteiger partial charge is 0.493 e. The molecule has 1 atom stereocenters. The second kappa shape index (κ2) is 9.15. The minimum Gasteiger partial charge on any atom is -0.493 e. The summed E-state index contributed by atoms with van der Waals surface area (Å²) in [7, 11) is 3.07. The molecule has 26 heavy (non-hydrogen) atoms. The zero-order valence-electron chi connectivity index (χ0n) is 15.2. The Morgan fingerprint density at radius 2 is 1.73 bits per heavy atom. The molecule has 0 amide bonds. The highest BCUT2D eigenvalue weighted by Gasteiger charge is 2.17. The second-order valence-corrected chi connectivity index (χ2v) is 6.94. The van der Waals surface area contributed by atoms with Crippen molar-refractivity contribution < 1.29 is 19.1 Å². The van der Waals surface area contributed by atoms with Crippen LogP contribution >= 0.6 is 11.8 Å². The molecule has 0 aliphatic heterocycles. The van der Waals surface area contributed by atoms with E-state index in [1.807, 2.05) is 31.2 Å². The van der Waals surface area contributed by atoms with Gasteiger partial charge in [0, 0.05) is 10.5 Å². The predicted octanol–water partition coefficient (Wildman–Crippen LogP) is 3.36. The maximum Gasteiger partial charge on any atom is 0.348 e. The molecule has 0 aliphatic carbocycles. The van der Waals surface area contributed by atoms with Crippen molar-refractivity contribution in [3.63, 3.8) is 0 Å². The lowest BCUT2D eigenvalue weighted by Gasteiger charge is -2.10. The molecule has 138 valence electrons. The van der Waals surface area contributed by atoms with E-state index < -0.39 is 11.2 Å². The first-order chi connectivity index (χ1) is 12.4. The van der Waals surface area contributed by atoms with Crippen LogP contribution in [0.2, 0.25) is 0 Å². The summed E-state index contributed by atoms with van der Waals surface area (Å²) in [6.45, 7) is 3.77. The number of thioether (sulfide) groups is 1. The normalized spacial score (nSPS) is 12.4. The molecule has 0 aromatic heterocycles. The van der Waals surface area contributed by atoms with Gasteiger partial charge >= 0.3 is 5.97 Å². The van der Waals surface area contributed by atoms with Crippen LogP contribution in [0, 0.1) is 6.92 Å². The Labute approximate surface area is 157 Å². The first-order valence-corrected chi connectivity index (χ1v) is 8.82. The lowest BCUT2D eigenvalue weighted by atomic mass is 10.2. The number of aryl methyl sites for hydroxylation is 1.